The molecule has 0 radical (unpaired) electrons. The Morgan fingerprint density at radius 3 is 2.38 bits per heavy atom. The summed E-state index contributed by atoms with van der Waals surface area (Å²) in [4.78, 5) is 11.4. The number of hydrogen-bond acceptors (Lipinski definition) is 3. The number of hydrogen-bond donors (Lipinski definition) is 1. The van der Waals surface area contributed by atoms with Crippen molar-refractivity contribution >= 4 is 15.9 Å². The summed E-state index contributed by atoms with van der Waals surface area (Å²) in [7, 11) is -3.58. The molecule has 0 unspecified atom stereocenters. The molecule has 0 atom stereocenters. The third kappa shape index (κ3) is 3.79. The number of piperidine rings is 1. The van der Waals surface area contributed by atoms with Crippen LogP contribution in [0.4, 0.5) is 4.39 Å². The molecule has 21 heavy (non-hydrogen) atoms. The molecule has 2 rings (SSSR count). The van der Waals surface area contributed by atoms with Gasteiger partial charge in [0, 0.05) is 25.6 Å². The predicted octanol–water partition coefficient (Wildman–Crippen LogP) is 1.51. The lowest BCUT2D eigenvalue weighted by Gasteiger charge is -2.31. The summed E-state index contributed by atoms with van der Waals surface area (Å²) in [5, 5.41) is 2.88. The third-order valence-electron chi connectivity index (χ3n) is 3.59. The van der Waals surface area contributed by atoms with E-state index in [0.717, 1.165) is 12.1 Å². The maximum atomic E-state index is 12.9. The van der Waals surface area contributed by atoms with Crippen molar-refractivity contribution in [2.24, 2.45) is 0 Å². The fourth-order valence-electron chi connectivity index (χ4n) is 2.33. The second kappa shape index (κ2) is 6.53. The number of benzene rings is 1. The minimum absolute atomic E-state index is 0.0187. The average molecular weight is 314 g/mol. The Morgan fingerprint density at radius 2 is 1.86 bits per heavy atom. The maximum Gasteiger partial charge on any atom is 0.243 e. The lowest BCUT2D eigenvalue weighted by Crippen LogP contribution is -2.46. The van der Waals surface area contributed by atoms with Gasteiger partial charge in [-0.2, -0.15) is 4.31 Å². The quantitative estimate of drug-likeness (QED) is 0.916. The first-order valence-electron chi connectivity index (χ1n) is 6.98. The van der Waals surface area contributed by atoms with Gasteiger partial charge in [-0.1, -0.05) is 6.92 Å². The van der Waals surface area contributed by atoms with E-state index < -0.39 is 15.8 Å². The van der Waals surface area contributed by atoms with Crippen molar-refractivity contribution in [3.05, 3.63) is 30.1 Å². The molecular weight excluding hydrogens is 295 g/mol. The summed E-state index contributed by atoms with van der Waals surface area (Å²) in [5.41, 5.74) is 0. The van der Waals surface area contributed by atoms with Gasteiger partial charge in [0.15, 0.2) is 0 Å². The molecule has 1 fully saturated rings. The molecule has 7 heteroatoms. The molecule has 1 aliphatic heterocycles. The summed E-state index contributed by atoms with van der Waals surface area (Å²) < 4.78 is 39.1. The summed E-state index contributed by atoms with van der Waals surface area (Å²) in [6.07, 6.45) is 1.60. The normalized spacial score (nSPS) is 17.6. The number of nitrogens with one attached hydrogen (secondary N) is 1. The maximum absolute atomic E-state index is 12.9. The van der Waals surface area contributed by atoms with E-state index >= 15 is 0 Å². The van der Waals surface area contributed by atoms with Crippen molar-refractivity contribution in [3.8, 4) is 0 Å². The lowest BCUT2D eigenvalue weighted by atomic mass is 10.1. The van der Waals surface area contributed by atoms with Crippen molar-refractivity contribution < 1.29 is 17.6 Å². The Labute approximate surface area is 124 Å². The highest BCUT2D eigenvalue weighted by Crippen LogP contribution is 2.21. The van der Waals surface area contributed by atoms with Gasteiger partial charge in [-0.05, 0) is 37.1 Å². The van der Waals surface area contributed by atoms with E-state index in [2.05, 4.69) is 5.32 Å². The third-order valence-corrected chi connectivity index (χ3v) is 5.50. The highest BCUT2D eigenvalue weighted by atomic mass is 32.2. The molecular formula is C14H19FN2O3S. The van der Waals surface area contributed by atoms with Crippen LogP contribution in [0.15, 0.2) is 29.2 Å². The van der Waals surface area contributed by atoms with E-state index in [4.69, 9.17) is 0 Å². The Balaban J connectivity index is 2.01. The zero-order valence-corrected chi connectivity index (χ0v) is 12.7. The number of rotatable bonds is 4. The van der Waals surface area contributed by atoms with E-state index in [9.17, 15) is 17.6 Å². The van der Waals surface area contributed by atoms with Gasteiger partial charge in [-0.3, -0.25) is 4.79 Å². The van der Waals surface area contributed by atoms with Crippen LogP contribution in [-0.4, -0.2) is 37.8 Å². The highest BCUT2D eigenvalue weighted by molar-refractivity contribution is 7.89. The predicted molar refractivity (Wildman–Crippen MR) is 76.6 cm³/mol. The number of halogens is 1. The van der Waals surface area contributed by atoms with Crippen LogP contribution in [0.5, 0.6) is 0 Å². The van der Waals surface area contributed by atoms with Crippen LogP contribution in [0.25, 0.3) is 0 Å². The molecule has 1 saturated heterocycles. The Bertz CT molecular complexity index is 593. The smallest absolute Gasteiger partial charge is 0.243 e. The molecule has 0 spiro atoms. The monoisotopic (exact) mass is 314 g/mol. The number of carbonyl (C=O) groups excluding carboxylic acids is 1. The fourth-order valence-corrected chi connectivity index (χ4v) is 3.80. The Hall–Kier alpha value is -1.47. The molecule has 1 heterocycles. The molecule has 1 aromatic carbocycles. The number of carbonyl (C=O) groups is 1. The topological polar surface area (TPSA) is 66.5 Å². The van der Waals surface area contributed by atoms with Crippen molar-refractivity contribution in [2.45, 2.75) is 37.1 Å². The summed E-state index contributed by atoms with van der Waals surface area (Å²) >= 11 is 0. The van der Waals surface area contributed by atoms with Crippen LogP contribution in [0.2, 0.25) is 0 Å². The van der Waals surface area contributed by atoms with Gasteiger partial charge < -0.3 is 5.32 Å². The van der Waals surface area contributed by atoms with E-state index in [-0.39, 0.29) is 16.8 Å². The molecule has 1 aliphatic rings. The molecule has 0 saturated carbocycles. The summed E-state index contributed by atoms with van der Waals surface area (Å²) in [6, 6.07) is 4.85. The molecule has 1 N–H and O–H groups in total. The molecule has 1 amide bonds. The summed E-state index contributed by atoms with van der Waals surface area (Å²) in [5.74, 6) is -0.482. The van der Waals surface area contributed by atoms with Crippen LogP contribution in [-0.2, 0) is 14.8 Å². The highest BCUT2D eigenvalue weighted by Gasteiger charge is 2.29. The zero-order chi connectivity index (χ0) is 15.5. The molecule has 5 nitrogen and oxygen atoms in total. The standard InChI is InChI=1S/C14H19FN2O3S/c1-2-14(18)16-12-7-9-17(10-8-12)21(19,20)13-5-3-11(15)4-6-13/h3-6,12H,2,7-10H2,1H3,(H,16,18). The van der Waals surface area contributed by atoms with E-state index in [0.29, 0.717) is 32.4 Å². The first-order chi connectivity index (χ1) is 9.93. The van der Waals surface area contributed by atoms with Crippen LogP contribution in [0.1, 0.15) is 26.2 Å². The lowest BCUT2D eigenvalue weighted by molar-refractivity contribution is -0.121. The molecule has 1 aromatic rings. The van der Waals surface area contributed by atoms with Gasteiger partial charge in [-0.15, -0.1) is 0 Å². The second-order valence-electron chi connectivity index (χ2n) is 5.05. The van der Waals surface area contributed by atoms with Crippen LogP contribution in [0.3, 0.4) is 0 Å². The first kappa shape index (κ1) is 15.9. The molecule has 0 aliphatic carbocycles. The average Bonchev–Trinajstić information content (AvgIpc) is 2.48. The van der Waals surface area contributed by atoms with E-state index in [1.807, 2.05) is 0 Å². The van der Waals surface area contributed by atoms with Crippen molar-refractivity contribution in [2.75, 3.05) is 13.1 Å². The van der Waals surface area contributed by atoms with Gasteiger partial charge in [-0.25, -0.2) is 12.8 Å². The van der Waals surface area contributed by atoms with Crippen LogP contribution < -0.4 is 5.32 Å². The molecule has 116 valence electrons. The van der Waals surface area contributed by atoms with Crippen molar-refractivity contribution in [1.82, 2.24) is 9.62 Å². The van der Waals surface area contributed by atoms with Gasteiger partial charge in [0.05, 0.1) is 4.90 Å². The van der Waals surface area contributed by atoms with Crippen molar-refractivity contribution in [1.29, 1.82) is 0 Å². The zero-order valence-electron chi connectivity index (χ0n) is 11.9. The molecule has 0 aromatic heterocycles. The Morgan fingerprint density at radius 1 is 1.29 bits per heavy atom. The number of sulfonamides is 1. The van der Waals surface area contributed by atoms with Crippen LogP contribution >= 0.6 is 0 Å². The van der Waals surface area contributed by atoms with Crippen molar-refractivity contribution in [3.63, 3.8) is 0 Å². The first-order valence-corrected chi connectivity index (χ1v) is 8.42. The molecule has 0 bridgehead atoms. The largest absolute Gasteiger partial charge is 0.353 e. The second-order valence-corrected chi connectivity index (χ2v) is 6.99. The minimum Gasteiger partial charge on any atom is -0.353 e. The minimum atomic E-state index is -3.58. The van der Waals surface area contributed by atoms with Crippen LogP contribution in [0, 0.1) is 5.82 Å². The number of nitrogens with zero attached hydrogens (tertiary/aromatic N) is 1. The van der Waals surface area contributed by atoms with Gasteiger partial charge in [0.25, 0.3) is 0 Å². The SMILES string of the molecule is CCC(=O)NC1CCN(S(=O)(=O)c2ccc(F)cc2)CC1. The summed E-state index contributed by atoms with van der Waals surface area (Å²) in [6.45, 7) is 2.49. The fraction of sp³-hybridized carbons (Fsp3) is 0.500. The van der Waals surface area contributed by atoms with E-state index in [1.165, 1.54) is 16.4 Å². The Kier molecular flexibility index (Phi) is 4.95. The van der Waals surface area contributed by atoms with Gasteiger partial charge >= 0.3 is 0 Å². The van der Waals surface area contributed by atoms with E-state index in [1.54, 1.807) is 6.92 Å². The van der Waals surface area contributed by atoms with Gasteiger partial charge in [0.1, 0.15) is 5.82 Å². The number of amides is 1. The van der Waals surface area contributed by atoms with Gasteiger partial charge in [0.2, 0.25) is 15.9 Å².